The Morgan fingerprint density at radius 2 is 2.08 bits per heavy atom. The summed E-state index contributed by atoms with van der Waals surface area (Å²) in [6, 6.07) is 1.93. The normalized spacial score (nSPS) is 10.7. The highest BCUT2D eigenvalue weighted by Gasteiger charge is 2.08. The van der Waals surface area contributed by atoms with E-state index in [4.69, 9.17) is 4.42 Å². The van der Waals surface area contributed by atoms with Gasteiger partial charge >= 0.3 is 0 Å². The van der Waals surface area contributed by atoms with Gasteiger partial charge < -0.3 is 9.73 Å². The average molecular weight is 177 g/mol. The van der Waals surface area contributed by atoms with Crippen LogP contribution >= 0.6 is 0 Å². The second-order valence-electron chi connectivity index (χ2n) is 2.95. The molecule has 1 N–H and O–H groups in total. The van der Waals surface area contributed by atoms with Crippen molar-refractivity contribution in [2.75, 3.05) is 12.4 Å². The van der Waals surface area contributed by atoms with E-state index in [9.17, 15) is 0 Å². The summed E-state index contributed by atoms with van der Waals surface area (Å²) in [6.45, 7) is 3.74. The molecule has 0 aromatic carbocycles. The second kappa shape index (κ2) is 2.73. The molecule has 2 aromatic rings. The Hall–Kier alpha value is -1.58. The number of hydrogen-bond acceptors (Lipinski definition) is 4. The molecule has 0 atom stereocenters. The standard InChI is InChI=1S/C9H11N3O/c1-5-4-7-8(10-3)11-6(2)12-9(7)13-5/h4H,1-3H3,(H,10,11,12). The van der Waals surface area contributed by atoms with Crippen molar-refractivity contribution >= 4 is 16.9 Å². The van der Waals surface area contributed by atoms with Gasteiger partial charge in [0, 0.05) is 7.05 Å². The van der Waals surface area contributed by atoms with Gasteiger partial charge in [0.25, 0.3) is 0 Å². The molecule has 0 amide bonds. The fourth-order valence-electron chi connectivity index (χ4n) is 1.34. The summed E-state index contributed by atoms with van der Waals surface area (Å²) < 4.78 is 5.40. The molecular weight excluding hydrogens is 166 g/mol. The van der Waals surface area contributed by atoms with Gasteiger partial charge in [-0.15, -0.1) is 0 Å². The number of aryl methyl sites for hydroxylation is 2. The molecule has 2 rings (SSSR count). The minimum atomic E-state index is 0.648. The van der Waals surface area contributed by atoms with Crippen molar-refractivity contribution in [3.05, 3.63) is 17.7 Å². The molecule has 0 saturated heterocycles. The van der Waals surface area contributed by atoms with E-state index in [0.29, 0.717) is 11.5 Å². The summed E-state index contributed by atoms with van der Waals surface area (Å²) in [5, 5.41) is 3.95. The molecule has 2 heterocycles. The number of nitrogens with zero attached hydrogens (tertiary/aromatic N) is 2. The minimum Gasteiger partial charge on any atom is -0.443 e. The van der Waals surface area contributed by atoms with Gasteiger partial charge in [-0.25, -0.2) is 4.98 Å². The van der Waals surface area contributed by atoms with Crippen LogP contribution in [0.2, 0.25) is 0 Å². The van der Waals surface area contributed by atoms with Crippen molar-refractivity contribution < 1.29 is 4.42 Å². The van der Waals surface area contributed by atoms with Gasteiger partial charge in [-0.3, -0.25) is 0 Å². The maximum absolute atomic E-state index is 5.40. The first-order valence-corrected chi connectivity index (χ1v) is 4.13. The highest BCUT2D eigenvalue weighted by Crippen LogP contribution is 2.22. The van der Waals surface area contributed by atoms with Crippen LogP contribution in [0.25, 0.3) is 11.1 Å². The Labute approximate surface area is 76.0 Å². The van der Waals surface area contributed by atoms with E-state index >= 15 is 0 Å². The zero-order valence-electron chi connectivity index (χ0n) is 7.88. The Morgan fingerprint density at radius 1 is 1.31 bits per heavy atom. The van der Waals surface area contributed by atoms with Crippen LogP contribution in [0.3, 0.4) is 0 Å². The monoisotopic (exact) mass is 177 g/mol. The molecule has 0 bridgehead atoms. The molecule has 0 fully saturated rings. The SMILES string of the molecule is CNc1nc(C)nc2oc(C)cc12. The Kier molecular flexibility index (Phi) is 1.69. The number of aromatic nitrogens is 2. The van der Waals surface area contributed by atoms with E-state index in [1.165, 1.54) is 0 Å². The van der Waals surface area contributed by atoms with Crippen LogP contribution in [0.5, 0.6) is 0 Å². The summed E-state index contributed by atoms with van der Waals surface area (Å²) in [4.78, 5) is 8.44. The quantitative estimate of drug-likeness (QED) is 0.722. The van der Waals surface area contributed by atoms with Crippen LogP contribution in [-0.4, -0.2) is 17.0 Å². The molecule has 0 saturated carbocycles. The summed E-state index contributed by atoms with van der Waals surface area (Å²) in [5.41, 5.74) is 0.648. The maximum Gasteiger partial charge on any atom is 0.231 e. The molecule has 68 valence electrons. The van der Waals surface area contributed by atoms with Crippen LogP contribution in [0.4, 0.5) is 5.82 Å². The van der Waals surface area contributed by atoms with Crippen LogP contribution < -0.4 is 5.32 Å². The van der Waals surface area contributed by atoms with Gasteiger partial charge in [-0.2, -0.15) is 4.98 Å². The molecule has 13 heavy (non-hydrogen) atoms. The zero-order chi connectivity index (χ0) is 9.42. The van der Waals surface area contributed by atoms with Crippen molar-refractivity contribution in [3.8, 4) is 0 Å². The fourth-order valence-corrected chi connectivity index (χ4v) is 1.34. The van der Waals surface area contributed by atoms with E-state index in [-0.39, 0.29) is 0 Å². The first kappa shape index (κ1) is 8.04. The van der Waals surface area contributed by atoms with Crippen LogP contribution in [0.1, 0.15) is 11.6 Å². The molecule has 0 aliphatic rings. The zero-order valence-corrected chi connectivity index (χ0v) is 7.88. The minimum absolute atomic E-state index is 0.648. The summed E-state index contributed by atoms with van der Waals surface area (Å²) in [6.07, 6.45) is 0. The van der Waals surface area contributed by atoms with Gasteiger partial charge in [0.2, 0.25) is 5.71 Å². The third-order valence-corrected chi connectivity index (χ3v) is 1.86. The van der Waals surface area contributed by atoms with Crippen molar-refractivity contribution in [1.29, 1.82) is 0 Å². The Morgan fingerprint density at radius 3 is 2.77 bits per heavy atom. The van der Waals surface area contributed by atoms with E-state index in [1.807, 2.05) is 27.0 Å². The van der Waals surface area contributed by atoms with Gasteiger partial charge in [0.05, 0.1) is 5.39 Å². The molecular formula is C9H11N3O. The number of furan rings is 1. The van der Waals surface area contributed by atoms with E-state index in [0.717, 1.165) is 17.0 Å². The molecule has 0 unspecified atom stereocenters. The van der Waals surface area contributed by atoms with Gasteiger partial charge in [-0.1, -0.05) is 0 Å². The molecule has 4 nitrogen and oxygen atoms in total. The Balaban J connectivity index is 2.80. The van der Waals surface area contributed by atoms with E-state index in [1.54, 1.807) is 0 Å². The lowest BCUT2D eigenvalue weighted by Crippen LogP contribution is -1.96. The van der Waals surface area contributed by atoms with Crippen molar-refractivity contribution in [2.45, 2.75) is 13.8 Å². The fraction of sp³-hybridized carbons (Fsp3) is 0.333. The molecule has 0 radical (unpaired) electrons. The lowest BCUT2D eigenvalue weighted by atomic mass is 10.3. The summed E-state index contributed by atoms with van der Waals surface area (Å²) in [7, 11) is 1.84. The van der Waals surface area contributed by atoms with Gasteiger partial charge in [-0.05, 0) is 19.9 Å². The number of hydrogen-bond donors (Lipinski definition) is 1. The average Bonchev–Trinajstić information content (AvgIpc) is 2.43. The second-order valence-corrected chi connectivity index (χ2v) is 2.95. The van der Waals surface area contributed by atoms with Crippen molar-refractivity contribution in [2.24, 2.45) is 0 Å². The van der Waals surface area contributed by atoms with Crippen LogP contribution in [0.15, 0.2) is 10.5 Å². The van der Waals surface area contributed by atoms with Gasteiger partial charge in [0.15, 0.2) is 0 Å². The highest BCUT2D eigenvalue weighted by molar-refractivity contribution is 5.85. The predicted molar refractivity (Wildman–Crippen MR) is 50.8 cm³/mol. The summed E-state index contributed by atoms with van der Waals surface area (Å²) >= 11 is 0. The predicted octanol–water partition coefficient (Wildman–Crippen LogP) is 1.88. The number of rotatable bonds is 1. The van der Waals surface area contributed by atoms with Crippen molar-refractivity contribution in [3.63, 3.8) is 0 Å². The molecule has 0 aliphatic carbocycles. The molecule has 0 spiro atoms. The molecule has 0 aliphatic heterocycles. The van der Waals surface area contributed by atoms with E-state index < -0.39 is 0 Å². The molecule has 2 aromatic heterocycles. The number of nitrogens with one attached hydrogen (secondary N) is 1. The summed E-state index contributed by atoms with van der Waals surface area (Å²) in [5.74, 6) is 2.39. The number of anilines is 1. The third-order valence-electron chi connectivity index (χ3n) is 1.86. The van der Waals surface area contributed by atoms with Crippen LogP contribution in [-0.2, 0) is 0 Å². The van der Waals surface area contributed by atoms with Crippen LogP contribution in [0, 0.1) is 13.8 Å². The Bertz CT molecular complexity index is 447. The lowest BCUT2D eigenvalue weighted by molar-refractivity contribution is 0.566. The lowest BCUT2D eigenvalue weighted by Gasteiger charge is -1.99. The first-order valence-electron chi connectivity index (χ1n) is 4.13. The molecule has 4 heteroatoms. The van der Waals surface area contributed by atoms with Crippen molar-refractivity contribution in [1.82, 2.24) is 9.97 Å². The number of fused-ring (bicyclic) bond motifs is 1. The largest absolute Gasteiger partial charge is 0.443 e. The topological polar surface area (TPSA) is 51.0 Å². The maximum atomic E-state index is 5.40. The smallest absolute Gasteiger partial charge is 0.231 e. The van der Waals surface area contributed by atoms with Gasteiger partial charge in [0.1, 0.15) is 17.4 Å². The third kappa shape index (κ3) is 1.24. The first-order chi connectivity index (χ1) is 6.20. The van der Waals surface area contributed by atoms with E-state index in [2.05, 4.69) is 15.3 Å². The highest BCUT2D eigenvalue weighted by atomic mass is 16.3.